The maximum atomic E-state index is 12.4. The number of hydrogen-bond acceptors (Lipinski definition) is 4. The quantitative estimate of drug-likeness (QED) is 0.763. The van der Waals surface area contributed by atoms with Crippen LogP contribution in [0.4, 0.5) is 5.69 Å². The van der Waals surface area contributed by atoms with Gasteiger partial charge in [-0.15, -0.1) is 0 Å². The lowest BCUT2D eigenvalue weighted by Gasteiger charge is -2.34. The van der Waals surface area contributed by atoms with E-state index in [1.807, 2.05) is 68.1 Å². The van der Waals surface area contributed by atoms with Crippen LogP contribution in [-0.2, 0) is 9.59 Å². The van der Waals surface area contributed by atoms with Gasteiger partial charge in [-0.3, -0.25) is 14.5 Å². The highest BCUT2D eigenvalue weighted by Gasteiger charge is 2.22. The summed E-state index contributed by atoms with van der Waals surface area (Å²) in [7, 11) is 0. The molecule has 0 spiro atoms. The van der Waals surface area contributed by atoms with Crippen LogP contribution in [0.25, 0.3) is 0 Å². The number of carbonyl (C=O) groups is 2. The van der Waals surface area contributed by atoms with Gasteiger partial charge in [0.2, 0.25) is 11.8 Å². The van der Waals surface area contributed by atoms with Crippen LogP contribution in [0.1, 0.15) is 23.1 Å². The first-order chi connectivity index (χ1) is 14.4. The molecule has 0 radical (unpaired) electrons. The molecule has 3 rings (SSSR count). The van der Waals surface area contributed by atoms with E-state index >= 15 is 0 Å². The predicted octanol–water partition coefficient (Wildman–Crippen LogP) is 3.16. The summed E-state index contributed by atoms with van der Waals surface area (Å²) >= 11 is 0. The number of hydrogen-bond donors (Lipinski definition) is 1. The first kappa shape index (κ1) is 21.8. The number of ether oxygens (including phenoxy) is 1. The lowest BCUT2D eigenvalue weighted by atomic mass is 10.1. The summed E-state index contributed by atoms with van der Waals surface area (Å²) in [5.41, 5.74) is 4.25. The summed E-state index contributed by atoms with van der Waals surface area (Å²) in [4.78, 5) is 28.8. The molecule has 160 valence electrons. The largest absolute Gasteiger partial charge is 0.493 e. The van der Waals surface area contributed by atoms with Gasteiger partial charge in [-0.1, -0.05) is 24.3 Å². The SMILES string of the molecule is Cc1cccc(OCCC(=O)N2CCN(CC(=O)Nc3cccc(C)c3C)CC2)c1. The molecule has 0 aromatic heterocycles. The van der Waals surface area contributed by atoms with Crippen molar-refractivity contribution in [1.29, 1.82) is 0 Å². The van der Waals surface area contributed by atoms with Crippen molar-refractivity contribution in [3.63, 3.8) is 0 Å². The molecule has 1 heterocycles. The number of anilines is 1. The Morgan fingerprint density at radius 1 is 1.00 bits per heavy atom. The van der Waals surface area contributed by atoms with Crippen molar-refractivity contribution in [2.45, 2.75) is 27.2 Å². The highest BCUT2D eigenvalue weighted by Crippen LogP contribution is 2.18. The second-order valence-corrected chi connectivity index (χ2v) is 7.87. The van der Waals surface area contributed by atoms with Gasteiger partial charge in [-0.05, 0) is 55.7 Å². The van der Waals surface area contributed by atoms with Crippen LogP contribution < -0.4 is 10.1 Å². The maximum Gasteiger partial charge on any atom is 0.238 e. The molecule has 6 nitrogen and oxygen atoms in total. The Morgan fingerprint density at radius 2 is 1.73 bits per heavy atom. The second kappa shape index (κ2) is 10.3. The molecule has 0 bridgehead atoms. The molecule has 0 saturated carbocycles. The Morgan fingerprint density at radius 3 is 2.47 bits per heavy atom. The fraction of sp³-hybridized carbons (Fsp3) is 0.417. The number of rotatable bonds is 7. The third kappa shape index (κ3) is 6.07. The minimum Gasteiger partial charge on any atom is -0.493 e. The Labute approximate surface area is 178 Å². The molecule has 6 heteroatoms. The zero-order valence-electron chi connectivity index (χ0n) is 18.1. The van der Waals surface area contributed by atoms with E-state index in [1.54, 1.807) is 0 Å². The normalized spacial score (nSPS) is 14.4. The number of piperazine rings is 1. The van der Waals surface area contributed by atoms with E-state index in [-0.39, 0.29) is 11.8 Å². The van der Waals surface area contributed by atoms with Gasteiger partial charge in [-0.25, -0.2) is 0 Å². The molecule has 2 aromatic carbocycles. The van der Waals surface area contributed by atoms with E-state index in [1.165, 1.54) is 0 Å². The van der Waals surface area contributed by atoms with Gasteiger partial charge < -0.3 is 15.0 Å². The first-order valence-corrected chi connectivity index (χ1v) is 10.5. The monoisotopic (exact) mass is 409 g/mol. The summed E-state index contributed by atoms with van der Waals surface area (Å²) in [6.07, 6.45) is 0.362. The summed E-state index contributed by atoms with van der Waals surface area (Å²) in [6, 6.07) is 13.7. The Bertz CT molecular complexity index is 889. The van der Waals surface area contributed by atoms with E-state index in [0.717, 1.165) is 28.1 Å². The van der Waals surface area contributed by atoms with Crippen molar-refractivity contribution < 1.29 is 14.3 Å². The average molecular weight is 410 g/mol. The van der Waals surface area contributed by atoms with E-state index in [4.69, 9.17) is 4.74 Å². The fourth-order valence-corrected chi connectivity index (χ4v) is 3.55. The van der Waals surface area contributed by atoms with Crippen molar-refractivity contribution in [2.24, 2.45) is 0 Å². The zero-order valence-corrected chi connectivity index (χ0v) is 18.1. The van der Waals surface area contributed by atoms with Crippen LogP contribution in [0.15, 0.2) is 42.5 Å². The number of aryl methyl sites for hydroxylation is 2. The van der Waals surface area contributed by atoms with Crippen molar-refractivity contribution in [2.75, 3.05) is 44.6 Å². The summed E-state index contributed by atoms with van der Waals surface area (Å²) < 4.78 is 5.69. The van der Waals surface area contributed by atoms with Crippen LogP contribution in [0.3, 0.4) is 0 Å². The van der Waals surface area contributed by atoms with Gasteiger partial charge in [-0.2, -0.15) is 0 Å². The Balaban J connectivity index is 1.38. The third-order valence-corrected chi connectivity index (χ3v) is 5.55. The van der Waals surface area contributed by atoms with E-state index in [9.17, 15) is 9.59 Å². The van der Waals surface area contributed by atoms with Crippen LogP contribution in [0.2, 0.25) is 0 Å². The lowest BCUT2D eigenvalue weighted by molar-refractivity contribution is -0.133. The van der Waals surface area contributed by atoms with Gasteiger partial charge >= 0.3 is 0 Å². The minimum atomic E-state index is -0.0185. The second-order valence-electron chi connectivity index (χ2n) is 7.87. The molecule has 1 saturated heterocycles. The Hall–Kier alpha value is -2.86. The van der Waals surface area contributed by atoms with Gasteiger partial charge in [0, 0.05) is 31.9 Å². The van der Waals surface area contributed by atoms with Crippen LogP contribution in [0, 0.1) is 20.8 Å². The smallest absolute Gasteiger partial charge is 0.238 e. The minimum absolute atomic E-state index is 0.0185. The number of nitrogens with one attached hydrogen (secondary N) is 1. The van der Waals surface area contributed by atoms with Crippen molar-refractivity contribution in [3.05, 3.63) is 59.2 Å². The zero-order chi connectivity index (χ0) is 21.5. The molecule has 2 aromatic rings. The number of benzene rings is 2. The number of amides is 2. The molecular weight excluding hydrogens is 378 g/mol. The molecule has 2 amide bonds. The van der Waals surface area contributed by atoms with Crippen molar-refractivity contribution in [1.82, 2.24) is 9.80 Å². The topological polar surface area (TPSA) is 61.9 Å². The van der Waals surface area contributed by atoms with Crippen LogP contribution >= 0.6 is 0 Å². The molecular formula is C24H31N3O3. The standard InChI is InChI=1S/C24H31N3O3/c1-18-6-4-8-21(16-18)30-15-10-24(29)27-13-11-26(12-14-27)17-23(28)25-22-9-5-7-19(2)20(22)3/h4-9,16H,10-15,17H2,1-3H3,(H,25,28). The van der Waals surface area contributed by atoms with Crippen molar-refractivity contribution in [3.8, 4) is 5.75 Å². The van der Waals surface area contributed by atoms with E-state index in [0.29, 0.717) is 45.8 Å². The number of carbonyl (C=O) groups excluding carboxylic acids is 2. The molecule has 30 heavy (non-hydrogen) atoms. The maximum absolute atomic E-state index is 12.4. The summed E-state index contributed by atoms with van der Waals surface area (Å²) in [5.74, 6) is 0.875. The van der Waals surface area contributed by atoms with Gasteiger partial charge in [0.05, 0.1) is 19.6 Å². The molecule has 0 unspecified atom stereocenters. The van der Waals surface area contributed by atoms with Gasteiger partial charge in [0.15, 0.2) is 0 Å². The first-order valence-electron chi connectivity index (χ1n) is 10.5. The fourth-order valence-electron chi connectivity index (χ4n) is 3.55. The molecule has 1 aliphatic rings. The molecule has 1 fully saturated rings. The lowest BCUT2D eigenvalue weighted by Crippen LogP contribution is -2.50. The molecule has 1 N–H and O–H groups in total. The van der Waals surface area contributed by atoms with Crippen LogP contribution in [-0.4, -0.2) is 60.9 Å². The highest BCUT2D eigenvalue weighted by atomic mass is 16.5. The third-order valence-electron chi connectivity index (χ3n) is 5.55. The van der Waals surface area contributed by atoms with E-state index < -0.39 is 0 Å². The van der Waals surface area contributed by atoms with E-state index in [2.05, 4.69) is 10.2 Å². The Kier molecular flexibility index (Phi) is 7.46. The summed E-state index contributed by atoms with van der Waals surface area (Å²) in [6.45, 7) is 9.45. The predicted molar refractivity (Wildman–Crippen MR) is 119 cm³/mol. The van der Waals surface area contributed by atoms with Gasteiger partial charge in [0.25, 0.3) is 0 Å². The van der Waals surface area contributed by atoms with Crippen molar-refractivity contribution >= 4 is 17.5 Å². The molecule has 1 aliphatic heterocycles. The molecule has 0 aliphatic carbocycles. The summed E-state index contributed by atoms with van der Waals surface area (Å²) in [5, 5.41) is 3.00. The number of nitrogens with zero attached hydrogens (tertiary/aromatic N) is 2. The molecule has 0 atom stereocenters. The van der Waals surface area contributed by atoms with Gasteiger partial charge in [0.1, 0.15) is 5.75 Å². The van der Waals surface area contributed by atoms with Crippen LogP contribution in [0.5, 0.6) is 5.75 Å². The highest BCUT2D eigenvalue weighted by molar-refractivity contribution is 5.93. The average Bonchev–Trinajstić information content (AvgIpc) is 2.72.